The molecule has 3 nitrogen and oxygen atoms in total. The van der Waals surface area contributed by atoms with Crippen LogP contribution >= 0.6 is 22.6 Å². The van der Waals surface area contributed by atoms with E-state index in [9.17, 15) is 22.0 Å². The average Bonchev–Trinajstić information content (AvgIpc) is 2.17. The van der Waals surface area contributed by atoms with Crippen LogP contribution in [0.15, 0.2) is 6.07 Å². The van der Waals surface area contributed by atoms with Gasteiger partial charge in [-0.3, -0.25) is 0 Å². The number of hydrogen-bond acceptors (Lipinski definition) is 3. The molecular formula is C8H5F5INO2. The van der Waals surface area contributed by atoms with Crippen LogP contribution in [0.5, 0.6) is 5.75 Å². The van der Waals surface area contributed by atoms with Crippen LogP contribution in [0.3, 0.4) is 0 Å². The smallest absolute Gasteiger partial charge is 0.404 e. The number of aliphatic hydroxyl groups is 1. The summed E-state index contributed by atoms with van der Waals surface area (Å²) in [6.07, 6.45) is -8.29. The molecule has 17 heavy (non-hydrogen) atoms. The molecule has 0 spiro atoms. The molecule has 1 heterocycles. The number of ether oxygens (including phenoxy) is 1. The van der Waals surface area contributed by atoms with Gasteiger partial charge in [0.05, 0.1) is 6.61 Å². The molecule has 0 saturated heterocycles. The van der Waals surface area contributed by atoms with E-state index in [1.54, 1.807) is 0 Å². The molecule has 0 aromatic carbocycles. The minimum absolute atomic E-state index is 0.00470. The fourth-order valence-electron chi connectivity index (χ4n) is 0.998. The van der Waals surface area contributed by atoms with Crippen molar-refractivity contribution in [1.29, 1.82) is 0 Å². The lowest BCUT2D eigenvalue weighted by Crippen LogP contribution is -2.19. The molecule has 9 heteroatoms. The summed E-state index contributed by atoms with van der Waals surface area (Å²) in [5, 5.41) is 8.80. The van der Waals surface area contributed by atoms with E-state index in [4.69, 9.17) is 5.11 Å². The van der Waals surface area contributed by atoms with Crippen molar-refractivity contribution in [3.8, 4) is 5.75 Å². The molecule has 0 amide bonds. The summed E-state index contributed by atoms with van der Waals surface area (Å²) in [6, 6.07) is 0.698. The largest absolute Gasteiger partial charge is 0.573 e. The van der Waals surface area contributed by atoms with E-state index in [-0.39, 0.29) is 9.26 Å². The Labute approximate surface area is 106 Å². The summed E-state index contributed by atoms with van der Waals surface area (Å²) in [7, 11) is 0. The number of aliphatic hydroxyl groups excluding tert-OH is 1. The quantitative estimate of drug-likeness (QED) is 0.506. The van der Waals surface area contributed by atoms with Gasteiger partial charge in [-0.2, -0.15) is 0 Å². The number of rotatable bonds is 3. The highest BCUT2D eigenvalue weighted by Gasteiger charge is 2.34. The lowest BCUT2D eigenvalue weighted by molar-refractivity contribution is -0.275. The Morgan fingerprint density at radius 1 is 1.41 bits per heavy atom. The van der Waals surface area contributed by atoms with E-state index < -0.39 is 30.8 Å². The summed E-state index contributed by atoms with van der Waals surface area (Å²) in [5.41, 5.74) is -1.13. The second-order valence-electron chi connectivity index (χ2n) is 2.83. The van der Waals surface area contributed by atoms with Crippen molar-refractivity contribution in [1.82, 2.24) is 4.98 Å². The number of alkyl halides is 5. The third-order valence-electron chi connectivity index (χ3n) is 1.64. The normalized spacial score (nSPS) is 12.0. The van der Waals surface area contributed by atoms with Crippen LogP contribution in [-0.4, -0.2) is 16.5 Å². The predicted octanol–water partition coefficient (Wildman–Crippen LogP) is 3.01. The van der Waals surface area contributed by atoms with Gasteiger partial charge in [-0.05, 0) is 28.7 Å². The second-order valence-corrected chi connectivity index (χ2v) is 3.85. The lowest BCUT2D eigenvalue weighted by atomic mass is 10.2. The Kier molecular flexibility index (Phi) is 4.47. The fraction of sp³-hybridized carbons (Fsp3) is 0.375. The molecule has 1 aromatic rings. The molecule has 96 valence electrons. The van der Waals surface area contributed by atoms with Gasteiger partial charge in [0, 0.05) is 5.56 Å². The zero-order chi connectivity index (χ0) is 13.2. The maximum absolute atomic E-state index is 12.4. The molecule has 0 aliphatic rings. The van der Waals surface area contributed by atoms with Crippen LogP contribution < -0.4 is 4.74 Å². The Hall–Kier alpha value is -0.710. The molecule has 1 rings (SSSR count). The van der Waals surface area contributed by atoms with Crippen molar-refractivity contribution in [3.63, 3.8) is 0 Å². The lowest BCUT2D eigenvalue weighted by Gasteiger charge is -2.14. The highest BCUT2D eigenvalue weighted by atomic mass is 127. The first-order valence-electron chi connectivity index (χ1n) is 4.08. The van der Waals surface area contributed by atoms with Gasteiger partial charge >= 0.3 is 6.36 Å². The Balaban J connectivity index is 3.24. The second kappa shape index (κ2) is 5.29. The predicted molar refractivity (Wildman–Crippen MR) is 54.5 cm³/mol. The van der Waals surface area contributed by atoms with Crippen LogP contribution in [0.1, 0.15) is 17.7 Å². The summed E-state index contributed by atoms with van der Waals surface area (Å²) in [4.78, 5) is 3.28. The monoisotopic (exact) mass is 369 g/mol. The highest BCUT2D eigenvalue weighted by Crippen LogP contribution is 2.33. The molecule has 1 N–H and O–H groups in total. The van der Waals surface area contributed by atoms with E-state index in [1.165, 1.54) is 22.6 Å². The van der Waals surface area contributed by atoms with E-state index >= 15 is 0 Å². The van der Waals surface area contributed by atoms with Gasteiger partial charge in [0.25, 0.3) is 6.43 Å². The standard InChI is InChI=1S/C8H5F5INO2/c9-6(10)5-4(17-8(11,12)13)1-3(2-16)7(14)15-5/h1,6,16H,2H2. The highest BCUT2D eigenvalue weighted by molar-refractivity contribution is 14.1. The Bertz CT molecular complexity index is 410. The average molecular weight is 369 g/mol. The van der Waals surface area contributed by atoms with Crippen LogP contribution in [0.25, 0.3) is 0 Å². The number of halogens is 6. The zero-order valence-electron chi connectivity index (χ0n) is 7.93. The molecule has 0 unspecified atom stereocenters. The summed E-state index contributed by atoms with van der Waals surface area (Å²) >= 11 is 1.53. The molecule has 0 bridgehead atoms. The van der Waals surface area contributed by atoms with E-state index in [0.717, 1.165) is 0 Å². The topological polar surface area (TPSA) is 42.4 Å². The maximum atomic E-state index is 12.4. The van der Waals surface area contributed by atoms with Crippen molar-refractivity contribution in [3.05, 3.63) is 21.0 Å². The SMILES string of the molecule is OCc1cc(OC(F)(F)F)c(C(F)F)nc1I. The van der Waals surface area contributed by atoms with Crippen molar-refractivity contribution in [2.45, 2.75) is 19.4 Å². The van der Waals surface area contributed by atoms with Crippen molar-refractivity contribution >= 4 is 22.6 Å². The van der Waals surface area contributed by atoms with Gasteiger partial charge in [0.2, 0.25) is 0 Å². The number of hydrogen-bond donors (Lipinski definition) is 1. The number of pyridine rings is 1. The Morgan fingerprint density at radius 3 is 2.41 bits per heavy atom. The summed E-state index contributed by atoms with van der Waals surface area (Å²) in [5.74, 6) is -1.10. The third-order valence-corrected chi connectivity index (χ3v) is 2.58. The van der Waals surface area contributed by atoms with Gasteiger partial charge < -0.3 is 9.84 Å². The van der Waals surface area contributed by atoms with Gasteiger partial charge in [-0.15, -0.1) is 13.2 Å². The summed E-state index contributed by atoms with van der Waals surface area (Å²) < 4.78 is 64.2. The number of nitrogens with zero attached hydrogens (tertiary/aromatic N) is 1. The zero-order valence-corrected chi connectivity index (χ0v) is 10.1. The van der Waals surface area contributed by atoms with E-state index in [0.29, 0.717) is 6.07 Å². The van der Waals surface area contributed by atoms with Gasteiger partial charge in [-0.1, -0.05) is 0 Å². The molecule has 0 saturated carbocycles. The first-order chi connectivity index (χ1) is 7.74. The first-order valence-corrected chi connectivity index (χ1v) is 5.16. The van der Waals surface area contributed by atoms with Crippen molar-refractivity contribution < 1.29 is 31.8 Å². The molecule has 0 radical (unpaired) electrons. The molecule has 1 aromatic heterocycles. The van der Waals surface area contributed by atoms with E-state index in [1.807, 2.05) is 0 Å². The molecule has 0 aliphatic carbocycles. The minimum atomic E-state index is -5.09. The van der Waals surface area contributed by atoms with Crippen molar-refractivity contribution in [2.24, 2.45) is 0 Å². The van der Waals surface area contributed by atoms with Crippen LogP contribution in [0.2, 0.25) is 0 Å². The fourth-order valence-corrected chi connectivity index (χ4v) is 1.58. The van der Waals surface area contributed by atoms with Crippen molar-refractivity contribution in [2.75, 3.05) is 0 Å². The Morgan fingerprint density at radius 2 is 2.00 bits per heavy atom. The molecule has 0 atom stereocenters. The molecule has 0 fully saturated rings. The van der Waals surface area contributed by atoms with Crippen LogP contribution in [0, 0.1) is 3.70 Å². The van der Waals surface area contributed by atoms with Gasteiger partial charge in [0.15, 0.2) is 5.75 Å². The number of aromatic nitrogens is 1. The van der Waals surface area contributed by atoms with Gasteiger partial charge in [0.1, 0.15) is 9.39 Å². The minimum Gasteiger partial charge on any atom is -0.404 e. The third kappa shape index (κ3) is 3.91. The van der Waals surface area contributed by atoms with E-state index in [2.05, 4.69) is 9.72 Å². The van der Waals surface area contributed by atoms with Crippen LogP contribution in [0.4, 0.5) is 22.0 Å². The molecular weight excluding hydrogens is 364 g/mol. The summed E-state index contributed by atoms with van der Waals surface area (Å²) in [6.45, 7) is -0.622. The van der Waals surface area contributed by atoms with Crippen LogP contribution in [-0.2, 0) is 6.61 Å². The molecule has 0 aliphatic heterocycles. The first kappa shape index (κ1) is 14.4. The van der Waals surface area contributed by atoms with Gasteiger partial charge in [-0.25, -0.2) is 13.8 Å². The maximum Gasteiger partial charge on any atom is 0.573 e.